The molecule has 1 saturated heterocycles. The second kappa shape index (κ2) is 6.85. The molecule has 3 rings (SSSR count). The second-order valence-corrected chi connectivity index (χ2v) is 7.64. The van der Waals surface area contributed by atoms with Gasteiger partial charge in [-0.3, -0.25) is 9.69 Å². The van der Waals surface area contributed by atoms with Crippen LogP contribution in [0.5, 0.6) is 0 Å². The van der Waals surface area contributed by atoms with Crippen molar-refractivity contribution in [3.05, 3.63) is 0 Å². The van der Waals surface area contributed by atoms with Gasteiger partial charge >= 0.3 is 0 Å². The van der Waals surface area contributed by atoms with Gasteiger partial charge in [-0.1, -0.05) is 13.8 Å². The van der Waals surface area contributed by atoms with E-state index < -0.39 is 0 Å². The highest BCUT2D eigenvalue weighted by Gasteiger charge is 2.49. The maximum atomic E-state index is 12.6. The first-order chi connectivity index (χ1) is 10.6. The molecule has 1 heterocycles. The number of hydrogen-bond donors (Lipinski definition) is 2. The molecule has 2 bridgehead atoms. The summed E-state index contributed by atoms with van der Waals surface area (Å²) in [6, 6.07) is 0.474. The van der Waals surface area contributed by atoms with Crippen LogP contribution >= 0.6 is 0 Å². The standard InChI is InChI=1S/C17H31N3O2/c1-11(2)14(20-5-7-22-8-6-20)10-19-17(21)15-12-3-4-13(9-12)16(15)18/h11-16H,3-10,18H2,1-2H3,(H,19,21). The van der Waals surface area contributed by atoms with Crippen molar-refractivity contribution in [2.45, 2.75) is 45.2 Å². The number of ether oxygens (including phenoxy) is 1. The second-order valence-electron chi connectivity index (χ2n) is 7.64. The molecule has 3 aliphatic rings. The summed E-state index contributed by atoms with van der Waals surface area (Å²) in [6.07, 6.45) is 3.57. The van der Waals surface area contributed by atoms with Crippen molar-refractivity contribution in [1.29, 1.82) is 0 Å². The predicted molar refractivity (Wildman–Crippen MR) is 86.3 cm³/mol. The molecule has 2 saturated carbocycles. The summed E-state index contributed by atoms with van der Waals surface area (Å²) >= 11 is 0. The van der Waals surface area contributed by atoms with Crippen molar-refractivity contribution in [2.24, 2.45) is 29.4 Å². The average molecular weight is 309 g/mol. The van der Waals surface area contributed by atoms with Gasteiger partial charge in [-0.05, 0) is 37.0 Å². The van der Waals surface area contributed by atoms with E-state index in [0.717, 1.165) is 39.3 Å². The summed E-state index contributed by atoms with van der Waals surface area (Å²) in [5.41, 5.74) is 6.29. The molecular weight excluding hydrogens is 278 g/mol. The van der Waals surface area contributed by atoms with Crippen molar-refractivity contribution in [1.82, 2.24) is 10.2 Å². The molecule has 5 heteroatoms. The van der Waals surface area contributed by atoms with Crippen LogP contribution in [-0.4, -0.2) is 55.7 Å². The van der Waals surface area contributed by atoms with E-state index in [1.165, 1.54) is 12.8 Å². The van der Waals surface area contributed by atoms with Crippen molar-refractivity contribution < 1.29 is 9.53 Å². The first kappa shape index (κ1) is 16.2. The first-order valence-corrected chi connectivity index (χ1v) is 8.93. The minimum Gasteiger partial charge on any atom is -0.379 e. The molecule has 126 valence electrons. The summed E-state index contributed by atoms with van der Waals surface area (Å²) in [6.45, 7) is 8.73. The predicted octanol–water partition coefficient (Wildman–Crippen LogP) is 0.833. The lowest BCUT2D eigenvalue weighted by Crippen LogP contribution is -2.53. The Morgan fingerprint density at radius 2 is 1.95 bits per heavy atom. The van der Waals surface area contributed by atoms with Crippen molar-refractivity contribution in [3.8, 4) is 0 Å². The summed E-state index contributed by atoms with van der Waals surface area (Å²) in [5.74, 6) is 1.88. The molecule has 0 spiro atoms. The van der Waals surface area contributed by atoms with E-state index in [2.05, 4.69) is 24.1 Å². The Morgan fingerprint density at radius 1 is 1.27 bits per heavy atom. The largest absolute Gasteiger partial charge is 0.379 e. The number of rotatable bonds is 5. The van der Waals surface area contributed by atoms with Crippen LogP contribution in [-0.2, 0) is 9.53 Å². The minimum absolute atomic E-state index is 0.0521. The SMILES string of the molecule is CC(C)C(CNC(=O)C1C2CCC(C2)C1N)N1CCOCC1. The monoisotopic (exact) mass is 309 g/mol. The van der Waals surface area contributed by atoms with Gasteiger partial charge in [-0.25, -0.2) is 0 Å². The Bertz CT molecular complexity index is 393. The highest BCUT2D eigenvalue weighted by molar-refractivity contribution is 5.80. The smallest absolute Gasteiger partial charge is 0.225 e. The number of nitrogens with zero attached hydrogens (tertiary/aromatic N) is 1. The fourth-order valence-corrected chi connectivity index (χ4v) is 4.74. The molecule has 0 aromatic carbocycles. The van der Waals surface area contributed by atoms with Crippen LogP contribution in [0.1, 0.15) is 33.1 Å². The Hall–Kier alpha value is -0.650. The lowest BCUT2D eigenvalue weighted by atomic mass is 9.84. The van der Waals surface area contributed by atoms with Gasteiger partial charge in [-0.2, -0.15) is 0 Å². The van der Waals surface area contributed by atoms with Gasteiger partial charge in [0.15, 0.2) is 0 Å². The molecule has 3 fully saturated rings. The van der Waals surface area contributed by atoms with Crippen LogP contribution in [0.3, 0.4) is 0 Å². The maximum absolute atomic E-state index is 12.6. The molecule has 0 aromatic rings. The number of amides is 1. The number of nitrogens with two attached hydrogens (primary N) is 1. The fraction of sp³-hybridized carbons (Fsp3) is 0.941. The first-order valence-electron chi connectivity index (χ1n) is 8.93. The van der Waals surface area contributed by atoms with Gasteiger partial charge in [0.05, 0.1) is 19.1 Å². The molecule has 1 amide bonds. The summed E-state index contributed by atoms with van der Waals surface area (Å²) < 4.78 is 5.44. The highest BCUT2D eigenvalue weighted by atomic mass is 16.5. The van der Waals surface area contributed by atoms with Crippen LogP contribution in [0.25, 0.3) is 0 Å². The summed E-state index contributed by atoms with van der Waals surface area (Å²) in [7, 11) is 0. The average Bonchev–Trinajstić information content (AvgIpc) is 3.09. The highest BCUT2D eigenvalue weighted by Crippen LogP contribution is 2.47. The van der Waals surface area contributed by atoms with E-state index in [0.29, 0.717) is 23.8 Å². The molecule has 3 N–H and O–H groups in total. The number of fused-ring (bicyclic) bond motifs is 2. The van der Waals surface area contributed by atoms with Gasteiger partial charge in [-0.15, -0.1) is 0 Å². The quantitative estimate of drug-likeness (QED) is 0.789. The molecule has 1 aliphatic heterocycles. The Morgan fingerprint density at radius 3 is 2.55 bits per heavy atom. The van der Waals surface area contributed by atoms with Crippen LogP contribution in [0, 0.1) is 23.7 Å². The van der Waals surface area contributed by atoms with Crippen LogP contribution < -0.4 is 11.1 Å². The Labute approximate surface area is 133 Å². The molecule has 5 unspecified atom stereocenters. The van der Waals surface area contributed by atoms with Crippen LogP contribution in [0.2, 0.25) is 0 Å². The Kier molecular flexibility index (Phi) is 5.05. The zero-order chi connectivity index (χ0) is 15.7. The number of carbonyl (C=O) groups excluding carboxylic acids is 1. The van der Waals surface area contributed by atoms with Crippen molar-refractivity contribution in [2.75, 3.05) is 32.8 Å². The van der Waals surface area contributed by atoms with Crippen molar-refractivity contribution in [3.63, 3.8) is 0 Å². The number of nitrogens with one attached hydrogen (secondary N) is 1. The molecular formula is C17H31N3O2. The van der Waals surface area contributed by atoms with E-state index in [1.807, 2.05) is 0 Å². The topological polar surface area (TPSA) is 67.6 Å². The van der Waals surface area contributed by atoms with E-state index in [9.17, 15) is 4.79 Å². The molecule has 0 aromatic heterocycles. The Balaban J connectivity index is 1.54. The number of hydrogen-bond acceptors (Lipinski definition) is 4. The zero-order valence-corrected chi connectivity index (χ0v) is 14.0. The minimum atomic E-state index is 0.0521. The molecule has 5 nitrogen and oxygen atoms in total. The maximum Gasteiger partial charge on any atom is 0.225 e. The number of morpholine rings is 1. The molecule has 2 aliphatic carbocycles. The van der Waals surface area contributed by atoms with E-state index in [1.54, 1.807) is 0 Å². The molecule has 5 atom stereocenters. The lowest BCUT2D eigenvalue weighted by Gasteiger charge is -2.37. The van der Waals surface area contributed by atoms with Gasteiger partial charge < -0.3 is 15.8 Å². The molecule has 22 heavy (non-hydrogen) atoms. The third-order valence-corrected chi connectivity index (χ3v) is 6.05. The van der Waals surface area contributed by atoms with Gasteiger partial charge in [0.2, 0.25) is 5.91 Å². The van der Waals surface area contributed by atoms with Crippen LogP contribution in [0.15, 0.2) is 0 Å². The van der Waals surface area contributed by atoms with Gasteiger partial charge in [0, 0.05) is 31.7 Å². The van der Waals surface area contributed by atoms with Crippen LogP contribution in [0.4, 0.5) is 0 Å². The van der Waals surface area contributed by atoms with Gasteiger partial charge in [0.25, 0.3) is 0 Å². The summed E-state index contributed by atoms with van der Waals surface area (Å²) in [5, 5.41) is 3.22. The van der Waals surface area contributed by atoms with Crippen molar-refractivity contribution >= 4 is 5.91 Å². The fourth-order valence-electron chi connectivity index (χ4n) is 4.74. The summed E-state index contributed by atoms with van der Waals surface area (Å²) in [4.78, 5) is 15.1. The molecule has 0 radical (unpaired) electrons. The normalized spacial score (nSPS) is 36.7. The van der Waals surface area contributed by atoms with E-state index in [4.69, 9.17) is 10.5 Å². The lowest BCUT2D eigenvalue weighted by molar-refractivity contribution is -0.127. The zero-order valence-electron chi connectivity index (χ0n) is 14.0. The third-order valence-electron chi connectivity index (χ3n) is 6.05. The number of carbonyl (C=O) groups is 1. The van der Waals surface area contributed by atoms with E-state index in [-0.39, 0.29) is 17.9 Å². The van der Waals surface area contributed by atoms with Gasteiger partial charge in [0.1, 0.15) is 0 Å². The van der Waals surface area contributed by atoms with E-state index >= 15 is 0 Å². The third kappa shape index (κ3) is 3.17.